The van der Waals surface area contributed by atoms with Crippen LogP contribution in [0.4, 0.5) is 0 Å². The molecule has 3 aromatic heterocycles. The van der Waals surface area contributed by atoms with E-state index < -0.39 is 0 Å². The van der Waals surface area contributed by atoms with Gasteiger partial charge in [-0.15, -0.1) is 0 Å². The molecule has 2 aromatic carbocycles. The van der Waals surface area contributed by atoms with Crippen molar-refractivity contribution in [1.29, 1.82) is 0 Å². The molecular formula is C25H22N2Se. The van der Waals surface area contributed by atoms with Crippen LogP contribution in [-0.4, -0.2) is 24.1 Å². The molecule has 0 spiro atoms. The summed E-state index contributed by atoms with van der Waals surface area (Å²) in [5, 5.41) is 5.44. The third kappa shape index (κ3) is 2.85. The van der Waals surface area contributed by atoms with Crippen LogP contribution in [0.2, 0.25) is 0 Å². The van der Waals surface area contributed by atoms with Crippen LogP contribution in [0, 0.1) is 12.0 Å². The van der Waals surface area contributed by atoms with Crippen LogP contribution in [0.1, 0.15) is 39.0 Å². The molecule has 0 amide bonds. The monoisotopic (exact) mass is 430 g/mol. The van der Waals surface area contributed by atoms with Crippen molar-refractivity contribution in [2.45, 2.75) is 39.0 Å². The zero-order valence-corrected chi connectivity index (χ0v) is 17.7. The Morgan fingerprint density at radius 1 is 0.929 bits per heavy atom. The average Bonchev–Trinajstić information content (AvgIpc) is 3.26. The number of nitrogens with zero attached hydrogens (tertiary/aromatic N) is 2. The van der Waals surface area contributed by atoms with E-state index >= 15 is 0 Å². The number of hydrogen-bond donors (Lipinski definition) is 0. The van der Waals surface area contributed by atoms with E-state index in [4.69, 9.17) is 0 Å². The predicted octanol–water partition coefficient (Wildman–Crippen LogP) is 6.33. The fourth-order valence-electron chi connectivity index (χ4n) is 4.03. The maximum atomic E-state index is 4.39. The molecular weight excluding hydrogens is 407 g/mol. The molecule has 0 N–H and O–H groups in total. The number of rotatable bonds is 4. The van der Waals surface area contributed by atoms with Crippen molar-refractivity contribution >= 4 is 55.6 Å². The van der Waals surface area contributed by atoms with Gasteiger partial charge in [0.2, 0.25) is 0 Å². The summed E-state index contributed by atoms with van der Waals surface area (Å²) in [6.45, 7) is 2.25. The standard InChI is InChI=1S/C25H22N2Se/c1-2-3-4-5-6-9-16-27-21-13-12-19-18-10-7-8-11-23(18)28-25(19)24(21)20-14-15-26-17-22(20)27/h7-8,10-15,17H,2-6H2,1H3. The Labute approximate surface area is 170 Å². The summed E-state index contributed by atoms with van der Waals surface area (Å²) in [5.74, 6) is 3.41. The van der Waals surface area contributed by atoms with E-state index in [2.05, 4.69) is 70.9 Å². The van der Waals surface area contributed by atoms with Crippen molar-refractivity contribution in [3.8, 4) is 12.0 Å². The fraction of sp³-hybridized carbons (Fsp3) is 0.240. The second-order valence-corrected chi connectivity index (χ2v) is 9.47. The Kier molecular flexibility index (Phi) is 4.69. The number of aromatic nitrogens is 2. The number of fused-ring (bicyclic) bond motifs is 7. The Balaban J connectivity index is 1.72. The second kappa shape index (κ2) is 7.47. The minimum atomic E-state index is 0.335. The Morgan fingerprint density at radius 3 is 2.79 bits per heavy atom. The minimum absolute atomic E-state index is 0.335. The summed E-state index contributed by atoms with van der Waals surface area (Å²) < 4.78 is 5.14. The topological polar surface area (TPSA) is 17.8 Å². The third-order valence-electron chi connectivity index (χ3n) is 5.42. The summed E-state index contributed by atoms with van der Waals surface area (Å²) in [7, 11) is 0. The molecule has 0 aliphatic rings. The van der Waals surface area contributed by atoms with Crippen molar-refractivity contribution in [2.24, 2.45) is 0 Å². The van der Waals surface area contributed by atoms with Gasteiger partial charge < -0.3 is 0 Å². The van der Waals surface area contributed by atoms with Gasteiger partial charge in [0.05, 0.1) is 0 Å². The van der Waals surface area contributed by atoms with E-state index in [0.717, 1.165) is 11.9 Å². The Morgan fingerprint density at radius 2 is 1.86 bits per heavy atom. The van der Waals surface area contributed by atoms with Gasteiger partial charge in [0.1, 0.15) is 0 Å². The van der Waals surface area contributed by atoms with Crippen molar-refractivity contribution < 1.29 is 0 Å². The van der Waals surface area contributed by atoms with Gasteiger partial charge in [-0.05, 0) is 0 Å². The molecule has 5 aromatic rings. The summed E-state index contributed by atoms with van der Waals surface area (Å²) in [5.41, 5.74) is 2.34. The maximum absolute atomic E-state index is 4.39. The molecule has 3 heteroatoms. The van der Waals surface area contributed by atoms with Crippen LogP contribution in [-0.2, 0) is 0 Å². The van der Waals surface area contributed by atoms with E-state index in [1.54, 1.807) is 0 Å². The molecule has 0 aliphatic carbocycles. The van der Waals surface area contributed by atoms with Crippen LogP contribution in [0.25, 0.3) is 41.1 Å². The first-order valence-corrected chi connectivity index (χ1v) is 11.8. The van der Waals surface area contributed by atoms with E-state index in [0.29, 0.717) is 14.5 Å². The molecule has 5 rings (SSSR count). The number of hydrogen-bond acceptors (Lipinski definition) is 1. The molecule has 0 bridgehead atoms. The van der Waals surface area contributed by atoms with Crippen LogP contribution in [0.3, 0.4) is 0 Å². The quantitative estimate of drug-likeness (QED) is 0.185. The first-order chi connectivity index (χ1) is 13.9. The van der Waals surface area contributed by atoms with Crippen molar-refractivity contribution in [1.82, 2.24) is 9.55 Å². The van der Waals surface area contributed by atoms with Gasteiger partial charge in [-0.3, -0.25) is 0 Å². The number of benzene rings is 2. The summed E-state index contributed by atoms with van der Waals surface area (Å²) in [4.78, 5) is 4.39. The average molecular weight is 429 g/mol. The van der Waals surface area contributed by atoms with E-state index in [9.17, 15) is 0 Å². The molecule has 0 unspecified atom stereocenters. The Bertz CT molecular complexity index is 1360. The van der Waals surface area contributed by atoms with Gasteiger partial charge in [-0.1, -0.05) is 0 Å². The van der Waals surface area contributed by atoms with Gasteiger partial charge >= 0.3 is 171 Å². The third-order valence-corrected chi connectivity index (χ3v) is 7.95. The van der Waals surface area contributed by atoms with Gasteiger partial charge in [0.15, 0.2) is 0 Å². The SMILES string of the molecule is CCCCCCC#Cn1c2cnccc2c2c3[se]c4ccccc4c3ccc21. The molecule has 138 valence electrons. The van der Waals surface area contributed by atoms with Gasteiger partial charge in [0, 0.05) is 0 Å². The molecule has 0 atom stereocenters. The summed E-state index contributed by atoms with van der Waals surface area (Å²) in [6.07, 6.45) is 9.85. The summed E-state index contributed by atoms with van der Waals surface area (Å²) in [6, 6.07) is 18.9. The van der Waals surface area contributed by atoms with Gasteiger partial charge in [-0.25, -0.2) is 0 Å². The van der Waals surface area contributed by atoms with Gasteiger partial charge in [0.25, 0.3) is 0 Å². The molecule has 3 heterocycles. The fourth-order valence-corrected chi connectivity index (χ4v) is 6.67. The number of pyridine rings is 1. The van der Waals surface area contributed by atoms with Crippen molar-refractivity contribution in [3.63, 3.8) is 0 Å². The van der Waals surface area contributed by atoms with E-state index in [1.807, 2.05) is 12.4 Å². The second-order valence-electron chi connectivity index (χ2n) is 7.26. The molecule has 28 heavy (non-hydrogen) atoms. The first-order valence-electron chi connectivity index (χ1n) is 10.1. The summed E-state index contributed by atoms with van der Waals surface area (Å²) >= 11 is 0.335. The number of unbranched alkanes of at least 4 members (excludes halogenated alkanes) is 4. The van der Waals surface area contributed by atoms with Gasteiger partial charge in [-0.2, -0.15) is 0 Å². The van der Waals surface area contributed by atoms with E-state index in [1.165, 1.54) is 61.3 Å². The van der Waals surface area contributed by atoms with Crippen LogP contribution >= 0.6 is 0 Å². The molecule has 0 saturated carbocycles. The molecule has 0 radical (unpaired) electrons. The normalized spacial score (nSPS) is 11.5. The van der Waals surface area contributed by atoms with Crippen LogP contribution < -0.4 is 0 Å². The molecule has 0 saturated heterocycles. The van der Waals surface area contributed by atoms with Crippen molar-refractivity contribution in [3.05, 3.63) is 54.9 Å². The molecule has 2 nitrogen and oxygen atoms in total. The van der Waals surface area contributed by atoms with E-state index in [-0.39, 0.29) is 0 Å². The predicted molar refractivity (Wildman–Crippen MR) is 121 cm³/mol. The zero-order chi connectivity index (χ0) is 18.9. The molecule has 0 fully saturated rings. The first kappa shape index (κ1) is 17.6. The van der Waals surface area contributed by atoms with Crippen molar-refractivity contribution in [2.75, 3.05) is 0 Å². The Hall–Kier alpha value is -2.53. The zero-order valence-electron chi connectivity index (χ0n) is 16.0. The van der Waals surface area contributed by atoms with Crippen LogP contribution in [0.15, 0.2) is 54.9 Å². The molecule has 0 aliphatic heterocycles. The van der Waals surface area contributed by atoms with Crippen LogP contribution in [0.5, 0.6) is 0 Å².